The molecule has 0 saturated carbocycles. The van der Waals surface area contributed by atoms with Crippen LogP contribution in [0.4, 0.5) is 5.69 Å². The van der Waals surface area contributed by atoms with E-state index in [-0.39, 0.29) is 12.1 Å². The normalized spacial score (nSPS) is 17.9. The number of benzene rings is 1. The zero-order valence-electron chi connectivity index (χ0n) is 10.2. The second kappa shape index (κ2) is 4.10. The average molecular weight is 259 g/mol. The second-order valence-electron chi connectivity index (χ2n) is 4.34. The summed E-state index contributed by atoms with van der Waals surface area (Å²) in [6, 6.07) is 5.71. The van der Waals surface area contributed by atoms with Gasteiger partial charge in [0.1, 0.15) is 6.17 Å². The molecule has 1 aliphatic rings. The topological polar surface area (TPSA) is 54.0 Å². The number of rotatable bonds is 1. The Morgan fingerprint density at radius 3 is 2.83 bits per heavy atom. The van der Waals surface area contributed by atoms with Crippen molar-refractivity contribution >= 4 is 22.9 Å². The number of aryl methyl sites for hydroxylation is 2. The molecule has 1 amide bonds. The van der Waals surface area contributed by atoms with E-state index in [9.17, 15) is 4.79 Å². The van der Waals surface area contributed by atoms with Crippen molar-refractivity contribution < 1.29 is 4.79 Å². The number of hydrogen-bond acceptors (Lipinski definition) is 4. The summed E-state index contributed by atoms with van der Waals surface area (Å²) in [5.74, 6) is -0.0527. The van der Waals surface area contributed by atoms with Crippen LogP contribution in [0.1, 0.15) is 32.8 Å². The van der Waals surface area contributed by atoms with Gasteiger partial charge in [-0.05, 0) is 25.5 Å². The lowest BCUT2D eigenvalue weighted by molar-refractivity contribution is 0.0935. The van der Waals surface area contributed by atoms with Gasteiger partial charge in [0.25, 0.3) is 5.91 Å². The number of carbonyl (C=O) groups is 1. The van der Waals surface area contributed by atoms with Crippen LogP contribution >= 0.6 is 11.3 Å². The molecule has 92 valence electrons. The summed E-state index contributed by atoms with van der Waals surface area (Å²) in [6.45, 7) is 3.95. The largest absolute Gasteiger partial charge is 0.359 e. The minimum atomic E-state index is -0.240. The van der Waals surface area contributed by atoms with E-state index in [1.54, 1.807) is 11.3 Å². The Balaban J connectivity index is 2.01. The van der Waals surface area contributed by atoms with Crippen LogP contribution in [0.3, 0.4) is 0 Å². The Hall–Kier alpha value is -1.88. The van der Waals surface area contributed by atoms with Crippen LogP contribution < -0.4 is 10.6 Å². The molecule has 2 N–H and O–H groups in total. The summed E-state index contributed by atoms with van der Waals surface area (Å²) in [7, 11) is 0. The number of fused-ring (bicyclic) bond motifs is 1. The number of nitrogens with zero attached hydrogens (tertiary/aromatic N) is 1. The third-order valence-electron chi connectivity index (χ3n) is 3.01. The molecule has 2 heterocycles. The van der Waals surface area contributed by atoms with E-state index in [0.29, 0.717) is 5.56 Å². The highest BCUT2D eigenvalue weighted by Crippen LogP contribution is 2.29. The number of anilines is 1. The van der Waals surface area contributed by atoms with Gasteiger partial charge in [0, 0.05) is 5.38 Å². The van der Waals surface area contributed by atoms with Crippen molar-refractivity contribution in [1.29, 1.82) is 0 Å². The van der Waals surface area contributed by atoms with Crippen LogP contribution in [0.5, 0.6) is 0 Å². The van der Waals surface area contributed by atoms with Crippen LogP contribution in [-0.2, 0) is 0 Å². The van der Waals surface area contributed by atoms with Crippen LogP contribution in [0.15, 0.2) is 23.6 Å². The lowest BCUT2D eigenvalue weighted by Gasteiger charge is -2.27. The minimum absolute atomic E-state index is 0.0527. The van der Waals surface area contributed by atoms with Gasteiger partial charge in [-0.2, -0.15) is 0 Å². The molecule has 1 aliphatic heterocycles. The number of aromatic nitrogens is 1. The van der Waals surface area contributed by atoms with Crippen LogP contribution in [0.2, 0.25) is 0 Å². The van der Waals surface area contributed by atoms with Crippen molar-refractivity contribution in [3.63, 3.8) is 0 Å². The van der Waals surface area contributed by atoms with Crippen molar-refractivity contribution in [2.45, 2.75) is 20.0 Å². The molecule has 0 spiro atoms. The fraction of sp³-hybridized carbons (Fsp3) is 0.231. The number of nitrogens with one attached hydrogen (secondary N) is 2. The van der Waals surface area contributed by atoms with Gasteiger partial charge in [0.05, 0.1) is 22.0 Å². The van der Waals surface area contributed by atoms with Crippen molar-refractivity contribution in [1.82, 2.24) is 10.3 Å². The number of carbonyl (C=O) groups excluding carboxylic acids is 1. The predicted octanol–water partition coefficient (Wildman–Crippen LogP) is 2.61. The molecule has 18 heavy (non-hydrogen) atoms. The molecule has 0 radical (unpaired) electrons. The molecule has 0 unspecified atom stereocenters. The van der Waals surface area contributed by atoms with E-state index in [1.807, 2.05) is 37.4 Å². The fourth-order valence-electron chi connectivity index (χ4n) is 2.10. The molecular weight excluding hydrogens is 246 g/mol. The van der Waals surface area contributed by atoms with E-state index >= 15 is 0 Å². The Kier molecular flexibility index (Phi) is 2.56. The van der Waals surface area contributed by atoms with Crippen molar-refractivity contribution in [2.75, 3.05) is 5.32 Å². The Bertz CT molecular complexity index is 620. The molecule has 5 heteroatoms. The van der Waals surface area contributed by atoms with E-state index in [2.05, 4.69) is 15.6 Å². The highest BCUT2D eigenvalue weighted by molar-refractivity contribution is 7.09. The molecule has 0 aliphatic carbocycles. The lowest BCUT2D eigenvalue weighted by Crippen LogP contribution is -2.39. The summed E-state index contributed by atoms with van der Waals surface area (Å²) in [5, 5.41) is 9.23. The van der Waals surface area contributed by atoms with Gasteiger partial charge in [0.15, 0.2) is 0 Å². The molecule has 3 rings (SSSR count). The van der Waals surface area contributed by atoms with E-state index < -0.39 is 0 Å². The summed E-state index contributed by atoms with van der Waals surface area (Å²) in [6.07, 6.45) is -0.240. The van der Waals surface area contributed by atoms with Gasteiger partial charge in [-0.15, -0.1) is 11.3 Å². The molecule has 1 atom stereocenters. The third kappa shape index (κ3) is 1.76. The monoisotopic (exact) mass is 259 g/mol. The first-order valence-corrected chi connectivity index (χ1v) is 6.62. The Morgan fingerprint density at radius 2 is 2.11 bits per heavy atom. The number of hydrogen-bond donors (Lipinski definition) is 2. The average Bonchev–Trinajstić information content (AvgIpc) is 2.77. The molecule has 0 fully saturated rings. The third-order valence-corrected chi connectivity index (χ3v) is 3.81. The van der Waals surface area contributed by atoms with Gasteiger partial charge >= 0.3 is 0 Å². The first-order valence-electron chi connectivity index (χ1n) is 5.74. The second-order valence-corrected chi connectivity index (χ2v) is 5.40. The SMILES string of the molecule is Cc1nc([C@H]2NC(=O)c3cccc(C)c3N2)cs1. The molecule has 4 nitrogen and oxygen atoms in total. The molecule has 0 saturated heterocycles. The lowest BCUT2D eigenvalue weighted by atomic mass is 10.0. The maximum atomic E-state index is 12.1. The van der Waals surface area contributed by atoms with Crippen LogP contribution in [-0.4, -0.2) is 10.9 Å². The van der Waals surface area contributed by atoms with Crippen LogP contribution in [0, 0.1) is 13.8 Å². The van der Waals surface area contributed by atoms with Crippen LogP contribution in [0.25, 0.3) is 0 Å². The summed E-state index contributed by atoms with van der Waals surface area (Å²) in [4.78, 5) is 16.5. The number of para-hydroxylation sites is 1. The van der Waals surface area contributed by atoms with Crippen molar-refractivity contribution in [3.8, 4) is 0 Å². The van der Waals surface area contributed by atoms with Gasteiger partial charge in [0.2, 0.25) is 0 Å². The maximum Gasteiger partial charge on any atom is 0.255 e. The first-order chi connectivity index (χ1) is 8.65. The number of thiazole rings is 1. The van der Waals surface area contributed by atoms with Gasteiger partial charge in [-0.1, -0.05) is 12.1 Å². The van der Waals surface area contributed by atoms with Gasteiger partial charge < -0.3 is 10.6 Å². The maximum absolute atomic E-state index is 12.1. The zero-order valence-corrected chi connectivity index (χ0v) is 11.0. The molecule has 0 bridgehead atoms. The molecule has 1 aromatic heterocycles. The predicted molar refractivity (Wildman–Crippen MR) is 71.9 cm³/mol. The van der Waals surface area contributed by atoms with E-state index in [4.69, 9.17) is 0 Å². The molecule has 2 aromatic rings. The first kappa shape index (κ1) is 11.2. The van der Waals surface area contributed by atoms with Crippen molar-refractivity contribution in [3.05, 3.63) is 45.4 Å². The van der Waals surface area contributed by atoms with Crippen molar-refractivity contribution in [2.24, 2.45) is 0 Å². The smallest absolute Gasteiger partial charge is 0.255 e. The minimum Gasteiger partial charge on any atom is -0.359 e. The molecular formula is C13H13N3OS. The van der Waals surface area contributed by atoms with Gasteiger partial charge in [-0.25, -0.2) is 4.98 Å². The fourth-order valence-corrected chi connectivity index (χ4v) is 2.74. The summed E-state index contributed by atoms with van der Waals surface area (Å²) < 4.78 is 0. The Morgan fingerprint density at radius 1 is 1.28 bits per heavy atom. The van der Waals surface area contributed by atoms with Gasteiger partial charge in [-0.3, -0.25) is 4.79 Å². The summed E-state index contributed by atoms with van der Waals surface area (Å²) in [5.41, 5.74) is 3.52. The standard InChI is InChI=1S/C13H13N3OS/c1-7-4-3-5-9-11(7)15-12(16-13(9)17)10-6-18-8(2)14-10/h3-6,12,15H,1-2H3,(H,16,17)/t12-/m1/s1. The summed E-state index contributed by atoms with van der Waals surface area (Å²) >= 11 is 1.58. The quantitative estimate of drug-likeness (QED) is 0.827. The number of amides is 1. The zero-order chi connectivity index (χ0) is 12.7. The highest BCUT2D eigenvalue weighted by Gasteiger charge is 2.26. The highest BCUT2D eigenvalue weighted by atomic mass is 32.1. The van der Waals surface area contributed by atoms with E-state index in [0.717, 1.165) is 22.0 Å². The Labute approximate surface area is 109 Å². The van der Waals surface area contributed by atoms with E-state index in [1.165, 1.54) is 0 Å². The molecule has 1 aromatic carbocycles.